The molecule has 1 rings (SSSR count). The van der Waals surface area contributed by atoms with Crippen LogP contribution in [-0.2, 0) is 11.3 Å². The minimum absolute atomic E-state index is 0.302. The number of urea groups is 1. The summed E-state index contributed by atoms with van der Waals surface area (Å²) in [5.41, 5.74) is -1.24. The van der Waals surface area contributed by atoms with Gasteiger partial charge in [-0.15, -0.1) is 11.3 Å². The highest BCUT2D eigenvalue weighted by Gasteiger charge is 2.35. The molecule has 17 heavy (non-hydrogen) atoms. The van der Waals surface area contributed by atoms with E-state index in [1.54, 1.807) is 6.20 Å². The molecule has 1 aromatic heterocycles. The molecule has 0 radical (unpaired) electrons. The van der Waals surface area contributed by atoms with E-state index in [0.717, 1.165) is 9.91 Å². The molecule has 0 spiro atoms. The topological polar surface area (TPSA) is 82.5 Å². The predicted molar refractivity (Wildman–Crippen MR) is 63.8 cm³/mol. The van der Waals surface area contributed by atoms with Crippen LogP contribution in [-0.4, -0.2) is 39.6 Å². The van der Waals surface area contributed by atoms with E-state index < -0.39 is 17.5 Å². The Hall–Kier alpha value is -1.63. The summed E-state index contributed by atoms with van der Waals surface area (Å²) in [6.45, 7) is 3.24. The second-order valence-electron chi connectivity index (χ2n) is 4.01. The van der Waals surface area contributed by atoms with Crippen molar-refractivity contribution in [2.75, 3.05) is 7.05 Å². The summed E-state index contributed by atoms with van der Waals surface area (Å²) >= 11 is 1.43. The fourth-order valence-electron chi connectivity index (χ4n) is 1.01. The number of thiazole rings is 1. The van der Waals surface area contributed by atoms with E-state index in [2.05, 4.69) is 10.3 Å². The highest BCUT2D eigenvalue weighted by Crippen LogP contribution is 2.12. The molecular formula is C10H15N3O3S. The molecule has 1 aromatic rings. The van der Waals surface area contributed by atoms with Gasteiger partial charge in [0.05, 0.1) is 6.54 Å². The van der Waals surface area contributed by atoms with Crippen LogP contribution in [0.25, 0.3) is 0 Å². The molecular weight excluding hydrogens is 242 g/mol. The predicted octanol–water partition coefficient (Wildman–Crippen LogP) is 1.15. The number of aromatic nitrogens is 1. The van der Waals surface area contributed by atoms with Gasteiger partial charge in [-0.05, 0) is 13.8 Å². The monoisotopic (exact) mass is 257 g/mol. The Morgan fingerprint density at radius 2 is 2.24 bits per heavy atom. The van der Waals surface area contributed by atoms with Gasteiger partial charge in [0.15, 0.2) is 0 Å². The Balaban J connectivity index is 2.56. The average Bonchev–Trinajstić information content (AvgIpc) is 2.77. The van der Waals surface area contributed by atoms with Gasteiger partial charge in [0.25, 0.3) is 0 Å². The van der Waals surface area contributed by atoms with Gasteiger partial charge < -0.3 is 15.3 Å². The van der Waals surface area contributed by atoms with Crippen molar-refractivity contribution in [2.45, 2.75) is 25.9 Å². The van der Waals surface area contributed by atoms with Crippen LogP contribution in [0.1, 0.15) is 18.9 Å². The van der Waals surface area contributed by atoms with E-state index >= 15 is 0 Å². The molecule has 0 aliphatic rings. The summed E-state index contributed by atoms with van der Waals surface area (Å²) in [5.74, 6) is -1.05. The molecule has 0 atom stereocenters. The normalized spacial score (nSPS) is 11.0. The summed E-state index contributed by atoms with van der Waals surface area (Å²) in [5, 5.41) is 14.2. The Morgan fingerprint density at radius 3 is 2.71 bits per heavy atom. The van der Waals surface area contributed by atoms with Crippen molar-refractivity contribution in [2.24, 2.45) is 0 Å². The lowest BCUT2D eigenvalue weighted by Crippen LogP contribution is -2.53. The summed E-state index contributed by atoms with van der Waals surface area (Å²) in [4.78, 5) is 27.9. The van der Waals surface area contributed by atoms with Crippen molar-refractivity contribution in [3.63, 3.8) is 0 Å². The lowest BCUT2D eigenvalue weighted by atomic mass is 10.1. The lowest BCUT2D eigenvalue weighted by molar-refractivity contribution is -0.146. The zero-order valence-electron chi connectivity index (χ0n) is 9.93. The maximum absolute atomic E-state index is 11.7. The number of carbonyl (C=O) groups is 2. The number of rotatable bonds is 4. The van der Waals surface area contributed by atoms with E-state index in [4.69, 9.17) is 5.11 Å². The van der Waals surface area contributed by atoms with Crippen LogP contribution < -0.4 is 5.32 Å². The van der Waals surface area contributed by atoms with Crippen molar-refractivity contribution in [1.29, 1.82) is 0 Å². The molecule has 2 amide bonds. The number of nitrogens with one attached hydrogen (secondary N) is 1. The Labute approximate surface area is 103 Å². The molecule has 0 bridgehead atoms. The van der Waals surface area contributed by atoms with Crippen LogP contribution in [0.4, 0.5) is 4.79 Å². The van der Waals surface area contributed by atoms with Gasteiger partial charge in [-0.2, -0.15) is 0 Å². The van der Waals surface area contributed by atoms with Crippen molar-refractivity contribution in [3.05, 3.63) is 16.6 Å². The van der Waals surface area contributed by atoms with Crippen molar-refractivity contribution >= 4 is 23.3 Å². The number of nitrogens with zero attached hydrogens (tertiary/aromatic N) is 2. The minimum Gasteiger partial charge on any atom is -0.480 e. The first-order valence-corrected chi connectivity index (χ1v) is 5.87. The Kier molecular flexibility index (Phi) is 4.06. The zero-order chi connectivity index (χ0) is 13.1. The van der Waals surface area contributed by atoms with Gasteiger partial charge in [-0.1, -0.05) is 0 Å². The van der Waals surface area contributed by atoms with Gasteiger partial charge in [0, 0.05) is 18.6 Å². The van der Waals surface area contributed by atoms with E-state index in [9.17, 15) is 9.59 Å². The van der Waals surface area contributed by atoms with Gasteiger partial charge in [0.1, 0.15) is 10.5 Å². The third-order valence-electron chi connectivity index (χ3n) is 2.54. The minimum atomic E-state index is -1.24. The summed E-state index contributed by atoms with van der Waals surface area (Å²) < 4.78 is 0. The lowest BCUT2D eigenvalue weighted by Gasteiger charge is -2.31. The average molecular weight is 257 g/mol. The first-order valence-electron chi connectivity index (χ1n) is 4.99. The number of carbonyl (C=O) groups excluding carboxylic acids is 1. The number of carboxylic acids is 1. The number of hydrogen-bond donors (Lipinski definition) is 2. The summed E-state index contributed by atoms with van der Waals surface area (Å²) in [7, 11) is 1.45. The maximum atomic E-state index is 11.7. The van der Waals surface area contributed by atoms with Crippen LogP contribution in [0.5, 0.6) is 0 Å². The van der Waals surface area contributed by atoms with E-state index in [1.165, 1.54) is 32.2 Å². The van der Waals surface area contributed by atoms with E-state index in [1.807, 2.05) is 5.38 Å². The van der Waals surface area contributed by atoms with Gasteiger partial charge >= 0.3 is 12.0 Å². The van der Waals surface area contributed by atoms with Crippen LogP contribution in [0.15, 0.2) is 11.6 Å². The van der Waals surface area contributed by atoms with Crippen LogP contribution >= 0.6 is 11.3 Å². The van der Waals surface area contributed by atoms with Gasteiger partial charge in [0.2, 0.25) is 0 Å². The third kappa shape index (κ3) is 3.16. The second kappa shape index (κ2) is 5.13. The second-order valence-corrected chi connectivity index (χ2v) is 4.99. The Morgan fingerprint density at radius 1 is 1.59 bits per heavy atom. The summed E-state index contributed by atoms with van der Waals surface area (Å²) in [6, 6.07) is -0.437. The SMILES string of the molecule is CN(C(=O)NCc1nccs1)C(C)(C)C(=O)O. The van der Waals surface area contributed by atoms with Crippen molar-refractivity contribution in [3.8, 4) is 0 Å². The third-order valence-corrected chi connectivity index (χ3v) is 3.32. The first-order chi connectivity index (χ1) is 7.85. The van der Waals surface area contributed by atoms with Gasteiger partial charge in [-0.3, -0.25) is 0 Å². The molecule has 6 nitrogen and oxygen atoms in total. The van der Waals surface area contributed by atoms with Crippen molar-refractivity contribution < 1.29 is 14.7 Å². The molecule has 2 N–H and O–H groups in total. The number of hydrogen-bond acceptors (Lipinski definition) is 4. The number of aliphatic carboxylic acids is 1. The highest BCUT2D eigenvalue weighted by atomic mass is 32.1. The quantitative estimate of drug-likeness (QED) is 0.847. The molecule has 7 heteroatoms. The van der Waals surface area contributed by atoms with E-state index in [0.29, 0.717) is 6.54 Å². The Bertz CT molecular complexity index is 403. The van der Waals surface area contributed by atoms with Crippen LogP contribution in [0.2, 0.25) is 0 Å². The fraction of sp³-hybridized carbons (Fsp3) is 0.500. The van der Waals surface area contributed by atoms with Crippen molar-refractivity contribution in [1.82, 2.24) is 15.2 Å². The van der Waals surface area contributed by atoms with E-state index in [-0.39, 0.29) is 0 Å². The van der Waals surface area contributed by atoms with Crippen LogP contribution in [0, 0.1) is 0 Å². The molecule has 0 unspecified atom stereocenters. The number of likely N-dealkylation sites (N-methyl/N-ethyl adjacent to an activating group) is 1. The molecule has 0 saturated heterocycles. The molecule has 0 aliphatic carbocycles. The standard InChI is InChI=1S/C10H15N3O3S/c1-10(2,8(14)15)13(3)9(16)12-6-7-11-4-5-17-7/h4-5H,6H2,1-3H3,(H,12,16)(H,14,15). The molecule has 0 aliphatic heterocycles. The highest BCUT2D eigenvalue weighted by molar-refractivity contribution is 7.09. The molecule has 94 valence electrons. The maximum Gasteiger partial charge on any atom is 0.329 e. The summed E-state index contributed by atoms with van der Waals surface area (Å²) in [6.07, 6.45) is 1.65. The smallest absolute Gasteiger partial charge is 0.329 e. The first kappa shape index (κ1) is 13.4. The van der Waals surface area contributed by atoms with Crippen LogP contribution in [0.3, 0.4) is 0 Å². The molecule has 0 fully saturated rings. The number of amides is 2. The largest absolute Gasteiger partial charge is 0.480 e. The fourth-order valence-corrected chi connectivity index (χ4v) is 1.56. The molecule has 0 aromatic carbocycles. The molecule has 0 saturated carbocycles. The number of carboxylic acid groups (broad SMARTS) is 1. The van der Waals surface area contributed by atoms with Gasteiger partial charge in [-0.25, -0.2) is 14.6 Å². The zero-order valence-corrected chi connectivity index (χ0v) is 10.7. The molecule has 1 heterocycles.